The topological polar surface area (TPSA) is 177 Å². The van der Waals surface area contributed by atoms with Crippen molar-refractivity contribution in [3.8, 4) is 0 Å². The number of thioether (sulfide) groups is 1. The fraction of sp³-hybridized carbons (Fsp3) is 0.654. The van der Waals surface area contributed by atoms with Crippen molar-refractivity contribution in [3.05, 3.63) is 24.3 Å². The van der Waals surface area contributed by atoms with E-state index in [0.717, 1.165) is 25.0 Å². The quantitative estimate of drug-likeness (QED) is 0.0599. The molecule has 2 heterocycles. The van der Waals surface area contributed by atoms with Crippen LogP contribution in [0.4, 0.5) is 10.5 Å². The van der Waals surface area contributed by atoms with Crippen molar-refractivity contribution in [1.82, 2.24) is 16.0 Å². The molecular weight excluding hydrogens is 555 g/mol. The Morgan fingerprint density at radius 1 is 0.902 bits per heavy atom. The molecule has 1 aromatic rings. The molecule has 2 saturated heterocycles. The van der Waals surface area contributed by atoms with Crippen molar-refractivity contribution in [2.45, 2.75) is 43.0 Å². The summed E-state index contributed by atoms with van der Waals surface area (Å²) in [7, 11) is -1.55. The van der Waals surface area contributed by atoms with Gasteiger partial charge < -0.3 is 50.3 Å². The zero-order chi connectivity index (χ0) is 29.3. The summed E-state index contributed by atoms with van der Waals surface area (Å²) in [6.07, 6.45) is 3.28. The van der Waals surface area contributed by atoms with Crippen LogP contribution < -0.4 is 26.7 Å². The fourth-order valence-electron chi connectivity index (χ4n) is 4.39. The Morgan fingerprint density at radius 3 is 2.24 bits per heavy atom. The fourth-order valence-corrected chi connectivity index (χ4v) is 5.93. The summed E-state index contributed by atoms with van der Waals surface area (Å²) in [5.41, 5.74) is 0.870. The summed E-state index contributed by atoms with van der Waals surface area (Å²) in [5.74, 6) is 0.651. The van der Waals surface area contributed by atoms with E-state index in [1.54, 1.807) is 12.1 Å². The number of anilines is 1. The molecule has 0 unspecified atom stereocenters. The number of hydrogen-bond acceptors (Lipinski definition) is 10. The number of urea groups is 1. The Morgan fingerprint density at radius 2 is 1.56 bits per heavy atom. The molecule has 0 aromatic heterocycles. The van der Waals surface area contributed by atoms with E-state index in [1.807, 2.05) is 11.8 Å². The van der Waals surface area contributed by atoms with E-state index in [-0.39, 0.29) is 43.1 Å². The third kappa shape index (κ3) is 13.0. The highest BCUT2D eigenvalue weighted by molar-refractivity contribution is 8.00. The maximum Gasteiger partial charge on any atom is 0.488 e. The summed E-state index contributed by atoms with van der Waals surface area (Å²) in [4.78, 5) is 35.3. The molecule has 3 atom stereocenters. The monoisotopic (exact) mass is 596 g/mol. The molecule has 4 amide bonds. The van der Waals surface area contributed by atoms with E-state index in [1.165, 1.54) is 12.1 Å². The lowest BCUT2D eigenvalue weighted by Gasteiger charge is -2.16. The van der Waals surface area contributed by atoms with Crippen LogP contribution in [-0.2, 0) is 28.5 Å². The van der Waals surface area contributed by atoms with Gasteiger partial charge in [0.1, 0.15) is 6.61 Å². The summed E-state index contributed by atoms with van der Waals surface area (Å²) in [6, 6.07) is 6.55. The number of fused-ring (bicyclic) bond motifs is 1. The van der Waals surface area contributed by atoms with Gasteiger partial charge in [0, 0.05) is 29.7 Å². The summed E-state index contributed by atoms with van der Waals surface area (Å²) < 4.78 is 21.6. The molecule has 13 nitrogen and oxygen atoms in total. The molecule has 15 heteroatoms. The molecule has 2 aliphatic rings. The second-order valence-electron chi connectivity index (χ2n) is 9.65. The average Bonchev–Trinajstić information content (AvgIpc) is 3.50. The third-order valence-corrected chi connectivity index (χ3v) is 8.00. The van der Waals surface area contributed by atoms with E-state index in [4.69, 9.17) is 29.0 Å². The van der Waals surface area contributed by atoms with Crippen LogP contribution in [0.15, 0.2) is 24.3 Å². The smallest absolute Gasteiger partial charge is 0.423 e. The minimum atomic E-state index is -1.55. The van der Waals surface area contributed by atoms with Gasteiger partial charge in [-0.25, -0.2) is 4.79 Å². The normalized spacial score (nSPS) is 19.4. The van der Waals surface area contributed by atoms with Crippen LogP contribution in [-0.4, -0.2) is 117 Å². The Kier molecular flexibility index (Phi) is 15.3. The number of carbonyl (C=O) groups is 3. The van der Waals surface area contributed by atoms with Crippen molar-refractivity contribution in [2.24, 2.45) is 0 Å². The molecular formula is C26H41BN4O9S. The predicted octanol–water partition coefficient (Wildman–Crippen LogP) is -0.787. The standard InChI is InChI=1S/C26H41BN4O9S/c32-23(4-2-1-3-22-25-21(18-41-22)30-26(34)31-25)28-9-10-37-11-12-38-13-14-39-15-16-40-17-24(33)29-20-7-5-19(6-8-20)27(35)36/h5-8,21-22,25,35-36H,1-4,9-18H2,(H,28,32)(H,29,33)(H2,30,31,34)/t21-,22-,25-/m1/s1. The molecule has 0 radical (unpaired) electrons. The summed E-state index contributed by atoms with van der Waals surface area (Å²) in [6.45, 7) is 2.98. The lowest BCUT2D eigenvalue weighted by Crippen LogP contribution is -2.36. The molecule has 0 saturated carbocycles. The summed E-state index contributed by atoms with van der Waals surface area (Å²) >= 11 is 1.89. The van der Waals surface area contributed by atoms with Crippen molar-refractivity contribution in [1.29, 1.82) is 0 Å². The first-order valence-electron chi connectivity index (χ1n) is 13.9. The van der Waals surface area contributed by atoms with Gasteiger partial charge in [-0.15, -0.1) is 0 Å². The Balaban J connectivity index is 1.02. The van der Waals surface area contributed by atoms with Crippen molar-refractivity contribution in [3.63, 3.8) is 0 Å². The van der Waals surface area contributed by atoms with Gasteiger partial charge in [0.05, 0.1) is 58.3 Å². The van der Waals surface area contributed by atoms with Crippen molar-refractivity contribution in [2.75, 3.05) is 70.5 Å². The van der Waals surface area contributed by atoms with Crippen molar-refractivity contribution < 1.29 is 43.4 Å². The van der Waals surface area contributed by atoms with Crippen LogP contribution >= 0.6 is 11.8 Å². The molecule has 3 rings (SSSR count). The van der Waals surface area contributed by atoms with Gasteiger partial charge >= 0.3 is 13.1 Å². The zero-order valence-corrected chi connectivity index (χ0v) is 24.0. The number of rotatable bonds is 21. The molecule has 6 N–H and O–H groups in total. The second kappa shape index (κ2) is 18.9. The van der Waals surface area contributed by atoms with Gasteiger partial charge in [-0.05, 0) is 30.4 Å². The minimum Gasteiger partial charge on any atom is -0.423 e. The largest absolute Gasteiger partial charge is 0.488 e. The number of nitrogens with one attached hydrogen (secondary N) is 4. The maximum atomic E-state index is 12.0. The third-order valence-electron chi connectivity index (χ3n) is 6.49. The molecule has 0 spiro atoms. The average molecular weight is 597 g/mol. The van der Waals surface area contributed by atoms with E-state index in [2.05, 4.69) is 21.3 Å². The molecule has 2 aliphatic heterocycles. The van der Waals surface area contributed by atoms with Gasteiger partial charge in [0.15, 0.2) is 0 Å². The molecule has 0 aliphatic carbocycles. The van der Waals surface area contributed by atoms with Gasteiger partial charge in [-0.2, -0.15) is 11.8 Å². The molecule has 1 aromatic carbocycles. The van der Waals surface area contributed by atoms with Crippen LogP contribution in [0.3, 0.4) is 0 Å². The maximum absolute atomic E-state index is 12.0. The molecule has 0 bridgehead atoms. The number of benzene rings is 1. The van der Waals surface area contributed by atoms with Crippen LogP contribution in [0.25, 0.3) is 0 Å². The lowest BCUT2D eigenvalue weighted by molar-refractivity contribution is -0.122. The van der Waals surface area contributed by atoms with E-state index in [9.17, 15) is 14.4 Å². The van der Waals surface area contributed by atoms with E-state index >= 15 is 0 Å². The molecule has 41 heavy (non-hydrogen) atoms. The van der Waals surface area contributed by atoms with Gasteiger partial charge in [0.25, 0.3) is 0 Å². The first-order chi connectivity index (χ1) is 19.9. The highest BCUT2D eigenvalue weighted by Gasteiger charge is 2.42. The van der Waals surface area contributed by atoms with Gasteiger partial charge in [-0.1, -0.05) is 18.6 Å². The Hall–Kier alpha value is -2.40. The predicted molar refractivity (Wildman–Crippen MR) is 155 cm³/mol. The Bertz CT molecular complexity index is 944. The van der Waals surface area contributed by atoms with Crippen LogP contribution in [0, 0.1) is 0 Å². The number of ether oxygens (including phenoxy) is 4. The van der Waals surface area contributed by atoms with Crippen molar-refractivity contribution >= 4 is 47.9 Å². The number of hydrogen-bond donors (Lipinski definition) is 6. The summed E-state index contributed by atoms with van der Waals surface area (Å²) in [5, 5.41) is 30.0. The molecule has 2 fully saturated rings. The van der Waals surface area contributed by atoms with Gasteiger partial charge in [0.2, 0.25) is 11.8 Å². The second-order valence-corrected chi connectivity index (χ2v) is 10.9. The Labute approximate surface area is 244 Å². The number of amides is 4. The van der Waals surface area contributed by atoms with Crippen LogP contribution in [0.5, 0.6) is 0 Å². The SMILES string of the molecule is O=C(CCCC[C@H]1SC[C@H]2NC(=O)N[C@H]21)NCCOCCOCCOCCOCC(=O)Nc1ccc(B(O)O)cc1. The highest BCUT2D eigenvalue weighted by Crippen LogP contribution is 2.33. The van der Waals surface area contributed by atoms with E-state index < -0.39 is 7.12 Å². The lowest BCUT2D eigenvalue weighted by atomic mass is 9.80. The number of unbranched alkanes of at least 4 members (excludes halogenated alkanes) is 1. The van der Waals surface area contributed by atoms with Crippen LogP contribution in [0.1, 0.15) is 25.7 Å². The first-order valence-corrected chi connectivity index (χ1v) is 15.0. The molecule has 228 valence electrons. The minimum absolute atomic E-state index is 0.0226. The zero-order valence-electron chi connectivity index (χ0n) is 23.2. The highest BCUT2D eigenvalue weighted by atomic mass is 32.2. The van der Waals surface area contributed by atoms with Crippen LogP contribution in [0.2, 0.25) is 0 Å². The van der Waals surface area contributed by atoms with E-state index in [0.29, 0.717) is 69.0 Å². The van der Waals surface area contributed by atoms with Gasteiger partial charge in [-0.3, -0.25) is 9.59 Å². The number of carbonyl (C=O) groups excluding carboxylic acids is 3. The first kappa shape index (κ1) is 33.1.